The highest BCUT2D eigenvalue weighted by Crippen LogP contribution is 2.26. The van der Waals surface area contributed by atoms with Gasteiger partial charge in [0.15, 0.2) is 0 Å². The van der Waals surface area contributed by atoms with Crippen LogP contribution in [0.3, 0.4) is 0 Å². The molecule has 1 aromatic heterocycles. The standard InChI is InChI=1S/C13H23N3O2S/c1-3-14-8-12-7-13(9-15-12)19(17,18)16-11-5-4-10(2)6-11/h7,9-11,14-16H,3-6,8H2,1-2H3. The van der Waals surface area contributed by atoms with Crippen molar-refractivity contribution in [1.82, 2.24) is 15.0 Å². The van der Waals surface area contributed by atoms with Gasteiger partial charge in [0.1, 0.15) is 0 Å². The molecule has 0 amide bonds. The number of H-pyrrole nitrogens is 1. The predicted octanol–water partition coefficient (Wildman–Crippen LogP) is 1.59. The molecule has 2 unspecified atom stereocenters. The van der Waals surface area contributed by atoms with Crippen LogP contribution >= 0.6 is 0 Å². The number of hydrogen-bond acceptors (Lipinski definition) is 3. The lowest BCUT2D eigenvalue weighted by Crippen LogP contribution is -2.32. The fraction of sp³-hybridized carbons (Fsp3) is 0.692. The van der Waals surface area contributed by atoms with E-state index < -0.39 is 10.0 Å². The Balaban J connectivity index is 2.00. The van der Waals surface area contributed by atoms with E-state index in [4.69, 9.17) is 0 Å². The van der Waals surface area contributed by atoms with Crippen LogP contribution in [0.15, 0.2) is 17.2 Å². The maximum absolute atomic E-state index is 12.2. The molecule has 3 N–H and O–H groups in total. The van der Waals surface area contributed by atoms with Gasteiger partial charge >= 0.3 is 0 Å². The van der Waals surface area contributed by atoms with Crippen LogP contribution in [0.2, 0.25) is 0 Å². The molecule has 0 aliphatic heterocycles. The molecule has 1 fully saturated rings. The molecule has 2 rings (SSSR count). The highest BCUT2D eigenvalue weighted by atomic mass is 32.2. The third-order valence-corrected chi connectivity index (χ3v) is 5.11. The van der Waals surface area contributed by atoms with Crippen LogP contribution < -0.4 is 10.0 Å². The van der Waals surface area contributed by atoms with Crippen molar-refractivity contribution in [2.45, 2.75) is 50.6 Å². The lowest BCUT2D eigenvalue weighted by molar-refractivity contribution is 0.538. The molecule has 0 radical (unpaired) electrons. The number of hydrogen-bond donors (Lipinski definition) is 3. The van der Waals surface area contributed by atoms with Crippen LogP contribution in [0.1, 0.15) is 38.8 Å². The first-order valence-electron chi connectivity index (χ1n) is 6.91. The lowest BCUT2D eigenvalue weighted by atomic mass is 10.1. The van der Waals surface area contributed by atoms with Crippen molar-refractivity contribution >= 4 is 10.0 Å². The second kappa shape index (κ2) is 6.07. The van der Waals surface area contributed by atoms with Crippen LogP contribution in [-0.2, 0) is 16.6 Å². The van der Waals surface area contributed by atoms with Gasteiger partial charge in [-0.2, -0.15) is 0 Å². The predicted molar refractivity (Wildman–Crippen MR) is 75.3 cm³/mol. The molecular formula is C13H23N3O2S. The minimum Gasteiger partial charge on any atom is -0.363 e. The number of sulfonamides is 1. The van der Waals surface area contributed by atoms with Crippen molar-refractivity contribution in [2.75, 3.05) is 6.54 Å². The minimum absolute atomic E-state index is 0.0899. The summed E-state index contributed by atoms with van der Waals surface area (Å²) in [6.45, 7) is 5.70. The zero-order valence-electron chi connectivity index (χ0n) is 11.6. The van der Waals surface area contributed by atoms with Crippen LogP contribution in [-0.4, -0.2) is 26.0 Å². The van der Waals surface area contributed by atoms with E-state index in [2.05, 4.69) is 21.9 Å². The van der Waals surface area contributed by atoms with Gasteiger partial charge < -0.3 is 10.3 Å². The second-order valence-electron chi connectivity index (χ2n) is 5.38. The monoisotopic (exact) mass is 285 g/mol. The molecule has 1 saturated carbocycles. The topological polar surface area (TPSA) is 74.0 Å². The lowest BCUT2D eigenvalue weighted by Gasteiger charge is -2.11. The van der Waals surface area contributed by atoms with Crippen molar-refractivity contribution in [3.05, 3.63) is 18.0 Å². The molecule has 1 heterocycles. The molecule has 1 aliphatic rings. The summed E-state index contributed by atoms with van der Waals surface area (Å²) in [6.07, 6.45) is 4.54. The fourth-order valence-electron chi connectivity index (χ4n) is 2.54. The van der Waals surface area contributed by atoms with Gasteiger partial charge in [0.05, 0.1) is 4.90 Å². The maximum atomic E-state index is 12.2. The zero-order valence-corrected chi connectivity index (χ0v) is 12.4. The van der Waals surface area contributed by atoms with Gasteiger partial charge in [0, 0.05) is 24.5 Å². The molecule has 0 spiro atoms. The summed E-state index contributed by atoms with van der Waals surface area (Å²) in [6, 6.07) is 1.79. The maximum Gasteiger partial charge on any atom is 0.242 e. The van der Waals surface area contributed by atoms with Crippen LogP contribution in [0, 0.1) is 5.92 Å². The van der Waals surface area contributed by atoms with Crippen molar-refractivity contribution < 1.29 is 8.42 Å². The van der Waals surface area contributed by atoms with Crippen LogP contribution in [0.25, 0.3) is 0 Å². The summed E-state index contributed by atoms with van der Waals surface area (Å²) in [5.74, 6) is 0.614. The number of nitrogens with one attached hydrogen (secondary N) is 3. The third kappa shape index (κ3) is 3.81. The number of rotatable bonds is 6. The highest BCUT2D eigenvalue weighted by molar-refractivity contribution is 7.89. The van der Waals surface area contributed by atoms with Gasteiger partial charge in [-0.15, -0.1) is 0 Å². The normalized spacial score (nSPS) is 23.9. The van der Waals surface area contributed by atoms with E-state index in [9.17, 15) is 8.42 Å². The third-order valence-electron chi connectivity index (χ3n) is 3.61. The summed E-state index contributed by atoms with van der Waals surface area (Å²) in [4.78, 5) is 3.33. The minimum atomic E-state index is -3.38. The molecule has 6 heteroatoms. The summed E-state index contributed by atoms with van der Waals surface area (Å²) < 4.78 is 27.3. The molecule has 1 aliphatic carbocycles. The first kappa shape index (κ1) is 14.6. The molecule has 2 atom stereocenters. The van der Waals surface area contributed by atoms with E-state index in [1.54, 1.807) is 12.3 Å². The number of aromatic amines is 1. The summed E-state index contributed by atoms with van der Waals surface area (Å²) in [7, 11) is -3.38. The van der Waals surface area contributed by atoms with Gasteiger partial charge in [-0.1, -0.05) is 13.8 Å². The molecule has 1 aromatic rings. The Hall–Kier alpha value is -0.850. The fourth-order valence-corrected chi connectivity index (χ4v) is 3.84. The van der Waals surface area contributed by atoms with E-state index in [-0.39, 0.29) is 6.04 Å². The van der Waals surface area contributed by atoms with E-state index in [1.165, 1.54) is 0 Å². The first-order chi connectivity index (χ1) is 9.01. The Morgan fingerprint density at radius 2 is 2.21 bits per heavy atom. The number of aromatic nitrogens is 1. The highest BCUT2D eigenvalue weighted by Gasteiger charge is 2.26. The van der Waals surface area contributed by atoms with Crippen molar-refractivity contribution in [2.24, 2.45) is 5.92 Å². The van der Waals surface area contributed by atoms with Crippen LogP contribution in [0.4, 0.5) is 0 Å². The van der Waals surface area contributed by atoms with Gasteiger partial charge in [0.2, 0.25) is 10.0 Å². The summed E-state index contributed by atoms with van der Waals surface area (Å²) >= 11 is 0. The Labute approximate surface area is 115 Å². The van der Waals surface area contributed by atoms with Crippen molar-refractivity contribution in [1.29, 1.82) is 0 Å². The molecule has 19 heavy (non-hydrogen) atoms. The Morgan fingerprint density at radius 3 is 2.84 bits per heavy atom. The van der Waals surface area contributed by atoms with Gasteiger partial charge in [0.25, 0.3) is 0 Å². The van der Waals surface area contributed by atoms with E-state index >= 15 is 0 Å². The van der Waals surface area contributed by atoms with E-state index in [1.807, 2.05) is 6.92 Å². The Bertz CT molecular complexity index is 510. The van der Waals surface area contributed by atoms with E-state index in [0.29, 0.717) is 17.4 Å². The molecule has 0 saturated heterocycles. The molecule has 108 valence electrons. The zero-order chi connectivity index (χ0) is 13.9. The van der Waals surface area contributed by atoms with Gasteiger partial charge in [-0.05, 0) is 37.8 Å². The first-order valence-corrected chi connectivity index (χ1v) is 8.40. The van der Waals surface area contributed by atoms with E-state index in [0.717, 1.165) is 31.5 Å². The average Bonchev–Trinajstić information content (AvgIpc) is 2.95. The van der Waals surface area contributed by atoms with Crippen molar-refractivity contribution in [3.8, 4) is 0 Å². The summed E-state index contributed by atoms with van der Waals surface area (Å²) in [5.41, 5.74) is 0.891. The largest absolute Gasteiger partial charge is 0.363 e. The average molecular weight is 285 g/mol. The second-order valence-corrected chi connectivity index (χ2v) is 7.09. The molecule has 0 bridgehead atoms. The van der Waals surface area contributed by atoms with Gasteiger partial charge in [-0.3, -0.25) is 0 Å². The SMILES string of the molecule is CCNCc1cc(S(=O)(=O)NC2CCC(C)C2)c[nH]1. The smallest absolute Gasteiger partial charge is 0.242 e. The van der Waals surface area contributed by atoms with Crippen LogP contribution in [0.5, 0.6) is 0 Å². The molecule has 5 nitrogen and oxygen atoms in total. The van der Waals surface area contributed by atoms with Crippen molar-refractivity contribution in [3.63, 3.8) is 0 Å². The molecular weight excluding hydrogens is 262 g/mol. The Kier molecular flexibility index (Phi) is 4.65. The Morgan fingerprint density at radius 1 is 1.42 bits per heavy atom. The quantitative estimate of drug-likeness (QED) is 0.743. The summed E-state index contributed by atoms with van der Waals surface area (Å²) in [5, 5.41) is 3.16. The van der Waals surface area contributed by atoms with Gasteiger partial charge in [-0.25, -0.2) is 13.1 Å². The molecule has 0 aromatic carbocycles.